The van der Waals surface area contributed by atoms with Crippen LogP contribution in [0.4, 0.5) is 0 Å². The second kappa shape index (κ2) is 4.62. The van der Waals surface area contributed by atoms with E-state index in [1.807, 2.05) is 0 Å². The summed E-state index contributed by atoms with van der Waals surface area (Å²) in [4.78, 5) is 0. The predicted octanol–water partition coefficient (Wildman–Crippen LogP) is 3.44. The highest BCUT2D eigenvalue weighted by Crippen LogP contribution is 2.28. The third kappa shape index (κ3) is 2.70. The number of benzene rings is 1. The Morgan fingerprint density at radius 1 is 1.29 bits per heavy atom. The van der Waals surface area contributed by atoms with Gasteiger partial charge in [-0.2, -0.15) is 0 Å². The monoisotopic (exact) mass is 303 g/mol. The topological polar surface area (TPSA) is 26.0 Å². The van der Waals surface area contributed by atoms with Crippen LogP contribution in [-0.4, -0.2) is 0 Å². The molecule has 0 bridgehead atoms. The van der Waals surface area contributed by atoms with Gasteiger partial charge in [0.05, 0.1) is 0 Å². The summed E-state index contributed by atoms with van der Waals surface area (Å²) in [5.74, 6) is 0. The molecule has 0 heterocycles. The van der Waals surface area contributed by atoms with Crippen LogP contribution in [0.1, 0.15) is 38.3 Å². The van der Waals surface area contributed by atoms with Gasteiger partial charge in [-0.3, -0.25) is 0 Å². The van der Waals surface area contributed by atoms with Crippen LogP contribution in [0.25, 0.3) is 0 Å². The molecule has 2 N–H and O–H groups in total. The fourth-order valence-corrected chi connectivity index (χ4v) is 2.10. The van der Waals surface area contributed by atoms with E-state index in [2.05, 4.69) is 61.6 Å². The Bertz CT molecular complexity index is 318. The minimum absolute atomic E-state index is 0.255. The van der Waals surface area contributed by atoms with Crippen molar-refractivity contribution in [3.8, 4) is 0 Å². The second-order valence-corrected chi connectivity index (χ2v) is 5.54. The summed E-state index contributed by atoms with van der Waals surface area (Å²) in [5, 5.41) is 0. The molecule has 0 unspecified atom stereocenters. The van der Waals surface area contributed by atoms with Crippen LogP contribution in [0.15, 0.2) is 18.2 Å². The van der Waals surface area contributed by atoms with E-state index >= 15 is 0 Å². The molecule has 2 heteroatoms. The van der Waals surface area contributed by atoms with Gasteiger partial charge in [0, 0.05) is 10.1 Å². The highest BCUT2D eigenvalue weighted by molar-refractivity contribution is 14.1. The summed E-state index contributed by atoms with van der Waals surface area (Å²) in [6.07, 6.45) is 1.15. The molecule has 1 rings (SSSR count). The molecule has 0 amide bonds. The van der Waals surface area contributed by atoms with E-state index in [4.69, 9.17) is 5.73 Å². The molecule has 1 aromatic carbocycles. The number of nitrogens with two attached hydrogens (primary N) is 1. The van der Waals surface area contributed by atoms with Crippen molar-refractivity contribution in [2.75, 3.05) is 0 Å². The first kappa shape index (κ1) is 12.0. The lowest BCUT2D eigenvalue weighted by Gasteiger charge is -2.24. The van der Waals surface area contributed by atoms with Crippen LogP contribution < -0.4 is 5.73 Å². The summed E-state index contributed by atoms with van der Waals surface area (Å²) >= 11 is 2.36. The van der Waals surface area contributed by atoms with Gasteiger partial charge in [0.2, 0.25) is 0 Å². The second-order valence-electron chi connectivity index (χ2n) is 4.29. The van der Waals surface area contributed by atoms with Crippen molar-refractivity contribution in [1.82, 2.24) is 0 Å². The molecule has 0 fully saturated rings. The lowest BCUT2D eigenvalue weighted by Crippen LogP contribution is -2.16. The molecule has 0 saturated heterocycles. The number of halogens is 1. The Labute approximate surface area is 100 Å². The largest absolute Gasteiger partial charge is 0.326 e. The fourth-order valence-electron chi connectivity index (χ4n) is 1.36. The van der Waals surface area contributed by atoms with Gasteiger partial charge in [0.1, 0.15) is 0 Å². The summed E-state index contributed by atoms with van der Waals surface area (Å²) in [6, 6.07) is 6.63. The first-order valence-corrected chi connectivity index (χ1v) is 6.07. The zero-order valence-electron chi connectivity index (χ0n) is 9.10. The van der Waals surface area contributed by atoms with Crippen molar-refractivity contribution in [3.05, 3.63) is 32.9 Å². The van der Waals surface area contributed by atoms with E-state index in [-0.39, 0.29) is 5.41 Å². The molecule has 14 heavy (non-hydrogen) atoms. The van der Waals surface area contributed by atoms with E-state index in [1.54, 1.807) is 0 Å². The van der Waals surface area contributed by atoms with Crippen LogP contribution in [0.5, 0.6) is 0 Å². The molecule has 0 aliphatic carbocycles. The van der Waals surface area contributed by atoms with Crippen molar-refractivity contribution < 1.29 is 0 Å². The predicted molar refractivity (Wildman–Crippen MR) is 70.4 cm³/mol. The van der Waals surface area contributed by atoms with Gasteiger partial charge < -0.3 is 5.73 Å². The average Bonchev–Trinajstić information content (AvgIpc) is 2.16. The Kier molecular flexibility index (Phi) is 3.95. The normalized spacial score (nSPS) is 11.8. The first-order valence-electron chi connectivity index (χ1n) is 4.99. The van der Waals surface area contributed by atoms with Crippen LogP contribution in [-0.2, 0) is 12.0 Å². The maximum atomic E-state index is 5.67. The number of rotatable bonds is 3. The zero-order valence-corrected chi connectivity index (χ0v) is 11.3. The summed E-state index contributed by atoms with van der Waals surface area (Å²) < 4.78 is 1.28. The summed E-state index contributed by atoms with van der Waals surface area (Å²) in [5.41, 5.74) is 8.55. The van der Waals surface area contributed by atoms with Crippen LogP contribution in [0.2, 0.25) is 0 Å². The Hall–Kier alpha value is -0.0900. The molecule has 1 nitrogen and oxygen atoms in total. The lowest BCUT2D eigenvalue weighted by atomic mass is 9.82. The van der Waals surface area contributed by atoms with E-state index in [0.29, 0.717) is 6.54 Å². The van der Waals surface area contributed by atoms with Gasteiger partial charge in [0.15, 0.2) is 0 Å². The van der Waals surface area contributed by atoms with E-state index in [0.717, 1.165) is 6.42 Å². The molecule has 0 radical (unpaired) electrons. The highest BCUT2D eigenvalue weighted by atomic mass is 127. The van der Waals surface area contributed by atoms with Crippen molar-refractivity contribution in [1.29, 1.82) is 0 Å². The SMILES string of the molecule is CCC(C)(C)c1cc(I)cc(CN)c1. The third-order valence-electron chi connectivity index (χ3n) is 2.86. The van der Waals surface area contributed by atoms with Crippen molar-refractivity contribution in [2.45, 2.75) is 39.2 Å². The lowest BCUT2D eigenvalue weighted by molar-refractivity contribution is 0.505. The van der Waals surface area contributed by atoms with Gasteiger partial charge >= 0.3 is 0 Å². The fraction of sp³-hybridized carbons (Fsp3) is 0.500. The molecule has 0 aromatic heterocycles. The zero-order chi connectivity index (χ0) is 10.8. The van der Waals surface area contributed by atoms with Gasteiger partial charge in [-0.25, -0.2) is 0 Å². The maximum Gasteiger partial charge on any atom is 0.0178 e. The summed E-state index contributed by atoms with van der Waals surface area (Å²) in [7, 11) is 0. The quantitative estimate of drug-likeness (QED) is 0.851. The molecule has 1 aromatic rings. The molecule has 0 aliphatic rings. The molecule has 78 valence electrons. The molecule has 0 aliphatic heterocycles. The van der Waals surface area contributed by atoms with Gasteiger partial charge in [-0.05, 0) is 57.7 Å². The Morgan fingerprint density at radius 3 is 2.43 bits per heavy atom. The first-order chi connectivity index (χ1) is 6.49. The molecule has 0 atom stereocenters. The van der Waals surface area contributed by atoms with Crippen molar-refractivity contribution in [3.63, 3.8) is 0 Å². The highest BCUT2D eigenvalue weighted by Gasteiger charge is 2.18. The average molecular weight is 303 g/mol. The Balaban J connectivity index is 3.15. The minimum atomic E-state index is 0.255. The van der Waals surface area contributed by atoms with Crippen LogP contribution in [0, 0.1) is 3.57 Å². The molecular formula is C12H18IN. The van der Waals surface area contributed by atoms with Gasteiger partial charge in [-0.15, -0.1) is 0 Å². The maximum absolute atomic E-state index is 5.67. The molecule has 0 saturated carbocycles. The standard InChI is InChI=1S/C12H18IN/c1-4-12(2,3)10-5-9(8-14)6-11(13)7-10/h5-7H,4,8,14H2,1-3H3. The smallest absolute Gasteiger partial charge is 0.0178 e. The van der Waals surface area contributed by atoms with E-state index in [1.165, 1.54) is 14.7 Å². The third-order valence-corrected chi connectivity index (χ3v) is 3.48. The summed E-state index contributed by atoms with van der Waals surface area (Å²) in [6.45, 7) is 7.41. The van der Waals surface area contributed by atoms with E-state index in [9.17, 15) is 0 Å². The minimum Gasteiger partial charge on any atom is -0.326 e. The van der Waals surface area contributed by atoms with Crippen LogP contribution in [0.3, 0.4) is 0 Å². The van der Waals surface area contributed by atoms with Crippen molar-refractivity contribution in [2.24, 2.45) is 5.73 Å². The van der Waals surface area contributed by atoms with E-state index < -0.39 is 0 Å². The molecular weight excluding hydrogens is 285 g/mol. The number of hydrogen-bond acceptors (Lipinski definition) is 1. The van der Waals surface area contributed by atoms with Gasteiger partial charge in [0.25, 0.3) is 0 Å². The van der Waals surface area contributed by atoms with Crippen LogP contribution >= 0.6 is 22.6 Å². The Morgan fingerprint density at radius 2 is 1.93 bits per heavy atom. The molecule has 0 spiro atoms. The van der Waals surface area contributed by atoms with Gasteiger partial charge in [-0.1, -0.05) is 26.8 Å². The number of hydrogen-bond donors (Lipinski definition) is 1. The van der Waals surface area contributed by atoms with Crippen molar-refractivity contribution >= 4 is 22.6 Å².